The lowest BCUT2D eigenvalue weighted by Gasteiger charge is -2.07. The highest BCUT2D eigenvalue weighted by Crippen LogP contribution is 2.19. The molecule has 2 aromatic rings. The summed E-state index contributed by atoms with van der Waals surface area (Å²) in [5, 5.41) is 5.83. The second-order valence-electron chi connectivity index (χ2n) is 3.75. The van der Waals surface area contributed by atoms with Crippen LogP contribution in [0.1, 0.15) is 6.92 Å². The number of nitrogens with zero attached hydrogens (tertiary/aromatic N) is 1. The van der Waals surface area contributed by atoms with Crippen LogP contribution in [-0.4, -0.2) is 10.9 Å². The molecule has 2 N–H and O–H groups in total. The number of pyridine rings is 1. The van der Waals surface area contributed by atoms with E-state index in [1.54, 1.807) is 12.3 Å². The summed E-state index contributed by atoms with van der Waals surface area (Å²) in [6, 6.07) is 11.5. The second-order valence-corrected chi connectivity index (χ2v) is 4.66. The number of nitrogens with one attached hydrogen (secondary N) is 2. The number of anilines is 3. The summed E-state index contributed by atoms with van der Waals surface area (Å²) in [6.07, 6.45) is 1.67. The van der Waals surface area contributed by atoms with E-state index in [0.717, 1.165) is 15.8 Å². The Bertz CT molecular complexity index is 537. The van der Waals surface area contributed by atoms with Crippen molar-refractivity contribution < 1.29 is 4.79 Å². The molecule has 5 heteroatoms. The zero-order chi connectivity index (χ0) is 13.0. The van der Waals surface area contributed by atoms with Crippen LogP contribution >= 0.6 is 15.9 Å². The molecule has 2 rings (SSSR count). The molecule has 18 heavy (non-hydrogen) atoms. The first kappa shape index (κ1) is 12.6. The van der Waals surface area contributed by atoms with Crippen LogP contribution in [0.25, 0.3) is 0 Å². The van der Waals surface area contributed by atoms with E-state index in [2.05, 4.69) is 31.5 Å². The highest BCUT2D eigenvalue weighted by molar-refractivity contribution is 9.10. The third-order valence-electron chi connectivity index (χ3n) is 2.20. The summed E-state index contributed by atoms with van der Waals surface area (Å²) in [6.45, 7) is 1.45. The van der Waals surface area contributed by atoms with Crippen molar-refractivity contribution in [2.45, 2.75) is 6.92 Å². The maximum absolute atomic E-state index is 10.8. The van der Waals surface area contributed by atoms with Gasteiger partial charge in [-0.05, 0) is 36.4 Å². The van der Waals surface area contributed by atoms with Crippen LogP contribution in [0.5, 0.6) is 0 Å². The number of rotatable bonds is 3. The fraction of sp³-hybridized carbons (Fsp3) is 0.0769. The van der Waals surface area contributed by atoms with Crippen molar-refractivity contribution in [3.8, 4) is 0 Å². The predicted molar refractivity (Wildman–Crippen MR) is 76.0 cm³/mol. The SMILES string of the molecule is CC(=O)Nc1ccc(Nc2ccc(Br)cc2)cn1. The van der Waals surface area contributed by atoms with Gasteiger partial charge in [-0.2, -0.15) is 0 Å². The van der Waals surface area contributed by atoms with Gasteiger partial charge in [0.25, 0.3) is 0 Å². The standard InChI is InChI=1S/C13H12BrN3O/c1-9(18)16-13-7-6-12(8-15-13)17-11-4-2-10(14)3-5-11/h2-8,17H,1H3,(H,15,16,18). The number of hydrogen-bond donors (Lipinski definition) is 2. The van der Waals surface area contributed by atoms with Crippen molar-refractivity contribution in [3.05, 3.63) is 47.1 Å². The molecule has 1 aromatic carbocycles. The number of halogens is 1. The minimum atomic E-state index is -0.129. The van der Waals surface area contributed by atoms with E-state index in [1.807, 2.05) is 30.3 Å². The Hall–Kier alpha value is -1.88. The van der Waals surface area contributed by atoms with Crippen LogP contribution in [0.3, 0.4) is 0 Å². The van der Waals surface area contributed by atoms with Gasteiger partial charge in [0.2, 0.25) is 5.91 Å². The van der Waals surface area contributed by atoms with Gasteiger partial charge in [0.05, 0.1) is 11.9 Å². The summed E-state index contributed by atoms with van der Waals surface area (Å²) in [7, 11) is 0. The molecule has 1 heterocycles. The largest absolute Gasteiger partial charge is 0.354 e. The van der Waals surface area contributed by atoms with Gasteiger partial charge in [-0.3, -0.25) is 4.79 Å². The number of hydrogen-bond acceptors (Lipinski definition) is 3. The van der Waals surface area contributed by atoms with Crippen LogP contribution < -0.4 is 10.6 Å². The Morgan fingerprint density at radius 1 is 1.11 bits per heavy atom. The Balaban J connectivity index is 2.06. The maximum Gasteiger partial charge on any atom is 0.222 e. The van der Waals surface area contributed by atoms with E-state index in [4.69, 9.17) is 0 Å². The summed E-state index contributed by atoms with van der Waals surface area (Å²) < 4.78 is 1.03. The van der Waals surface area contributed by atoms with Crippen molar-refractivity contribution >= 4 is 39.0 Å². The molecule has 0 aliphatic carbocycles. The molecule has 1 aromatic heterocycles. The summed E-state index contributed by atoms with van der Waals surface area (Å²) in [5.74, 6) is 0.417. The third-order valence-corrected chi connectivity index (χ3v) is 2.73. The average molecular weight is 306 g/mol. The number of aromatic nitrogens is 1. The Labute approximate surface area is 114 Å². The highest BCUT2D eigenvalue weighted by Gasteiger charge is 1.98. The minimum Gasteiger partial charge on any atom is -0.354 e. The molecular weight excluding hydrogens is 294 g/mol. The Kier molecular flexibility index (Phi) is 3.94. The maximum atomic E-state index is 10.8. The molecule has 4 nitrogen and oxygen atoms in total. The molecule has 0 saturated heterocycles. The van der Waals surface area contributed by atoms with Gasteiger partial charge in [-0.1, -0.05) is 15.9 Å². The predicted octanol–water partition coefficient (Wildman–Crippen LogP) is 3.55. The first-order valence-electron chi connectivity index (χ1n) is 5.40. The summed E-state index contributed by atoms with van der Waals surface area (Å²) in [4.78, 5) is 15.0. The quantitative estimate of drug-likeness (QED) is 0.912. The normalized spacial score (nSPS) is 9.89. The molecule has 0 unspecified atom stereocenters. The number of amides is 1. The number of carbonyl (C=O) groups excluding carboxylic acids is 1. The lowest BCUT2D eigenvalue weighted by Crippen LogP contribution is -2.07. The lowest BCUT2D eigenvalue weighted by molar-refractivity contribution is -0.114. The molecule has 92 valence electrons. The molecular formula is C13H12BrN3O. The van der Waals surface area contributed by atoms with Crippen molar-refractivity contribution in [1.82, 2.24) is 4.98 Å². The first-order chi connectivity index (χ1) is 8.63. The number of carbonyl (C=O) groups is 1. The molecule has 0 saturated carbocycles. The van der Waals surface area contributed by atoms with Gasteiger partial charge < -0.3 is 10.6 Å². The van der Waals surface area contributed by atoms with E-state index in [9.17, 15) is 4.79 Å². The minimum absolute atomic E-state index is 0.129. The van der Waals surface area contributed by atoms with Crippen molar-refractivity contribution in [2.75, 3.05) is 10.6 Å². The first-order valence-corrected chi connectivity index (χ1v) is 6.19. The summed E-state index contributed by atoms with van der Waals surface area (Å²) in [5.41, 5.74) is 1.85. The van der Waals surface area contributed by atoms with Crippen molar-refractivity contribution in [1.29, 1.82) is 0 Å². The van der Waals surface area contributed by atoms with E-state index in [-0.39, 0.29) is 5.91 Å². The highest BCUT2D eigenvalue weighted by atomic mass is 79.9. The van der Waals surface area contributed by atoms with E-state index < -0.39 is 0 Å². The van der Waals surface area contributed by atoms with Gasteiger partial charge in [-0.25, -0.2) is 4.98 Å². The fourth-order valence-corrected chi connectivity index (χ4v) is 1.69. The molecule has 0 radical (unpaired) electrons. The fourth-order valence-electron chi connectivity index (χ4n) is 1.42. The molecule has 0 atom stereocenters. The van der Waals surface area contributed by atoms with Crippen LogP contribution in [0.15, 0.2) is 47.1 Å². The van der Waals surface area contributed by atoms with Gasteiger partial charge in [0, 0.05) is 17.1 Å². The van der Waals surface area contributed by atoms with E-state index >= 15 is 0 Å². The van der Waals surface area contributed by atoms with Crippen LogP contribution in [-0.2, 0) is 4.79 Å². The van der Waals surface area contributed by atoms with Crippen LogP contribution in [0, 0.1) is 0 Å². The Morgan fingerprint density at radius 3 is 2.33 bits per heavy atom. The monoisotopic (exact) mass is 305 g/mol. The van der Waals surface area contributed by atoms with Crippen molar-refractivity contribution in [2.24, 2.45) is 0 Å². The molecule has 0 bridgehead atoms. The van der Waals surface area contributed by atoms with Gasteiger partial charge in [0.15, 0.2) is 0 Å². The molecule has 0 aliphatic rings. The number of benzene rings is 1. The zero-order valence-electron chi connectivity index (χ0n) is 9.77. The van der Waals surface area contributed by atoms with E-state index in [1.165, 1.54) is 6.92 Å². The third kappa shape index (κ3) is 3.56. The Morgan fingerprint density at radius 2 is 1.78 bits per heavy atom. The van der Waals surface area contributed by atoms with E-state index in [0.29, 0.717) is 5.82 Å². The van der Waals surface area contributed by atoms with Gasteiger partial charge >= 0.3 is 0 Å². The van der Waals surface area contributed by atoms with Crippen molar-refractivity contribution in [3.63, 3.8) is 0 Å². The van der Waals surface area contributed by atoms with Gasteiger partial charge in [0.1, 0.15) is 5.82 Å². The average Bonchev–Trinajstić information content (AvgIpc) is 2.34. The molecule has 0 aliphatic heterocycles. The topological polar surface area (TPSA) is 54.0 Å². The lowest BCUT2D eigenvalue weighted by atomic mass is 10.3. The van der Waals surface area contributed by atoms with Gasteiger partial charge in [-0.15, -0.1) is 0 Å². The molecule has 0 fully saturated rings. The van der Waals surface area contributed by atoms with Crippen LogP contribution in [0.4, 0.5) is 17.2 Å². The second kappa shape index (κ2) is 5.64. The zero-order valence-corrected chi connectivity index (χ0v) is 11.4. The molecule has 1 amide bonds. The molecule has 0 spiro atoms. The van der Waals surface area contributed by atoms with Crippen LogP contribution in [0.2, 0.25) is 0 Å². The smallest absolute Gasteiger partial charge is 0.222 e. The summed E-state index contributed by atoms with van der Waals surface area (Å²) >= 11 is 3.38.